The third kappa shape index (κ3) is 4.05. The molecule has 0 spiro atoms. The van der Waals surface area contributed by atoms with E-state index in [-0.39, 0.29) is 6.04 Å². The average molecular weight is 259 g/mol. The highest BCUT2D eigenvalue weighted by Gasteiger charge is 2.08. The number of rotatable bonds is 7. The Labute approximate surface area is 114 Å². The summed E-state index contributed by atoms with van der Waals surface area (Å²) in [5.41, 5.74) is 1.04. The summed E-state index contributed by atoms with van der Waals surface area (Å²) in [6.07, 6.45) is 3.58. The van der Waals surface area contributed by atoms with Gasteiger partial charge in [0.25, 0.3) is 0 Å². The zero-order valence-electron chi connectivity index (χ0n) is 11.6. The van der Waals surface area contributed by atoms with Gasteiger partial charge in [0.1, 0.15) is 11.5 Å². The third-order valence-corrected chi connectivity index (χ3v) is 2.84. The summed E-state index contributed by atoms with van der Waals surface area (Å²) in [6, 6.07) is 12.3. The topological polar surface area (TPSA) is 34.4 Å². The summed E-state index contributed by atoms with van der Waals surface area (Å²) in [6.45, 7) is 4.99. The summed E-state index contributed by atoms with van der Waals surface area (Å²) in [4.78, 5) is 0. The molecule has 1 aromatic heterocycles. The highest BCUT2D eigenvalue weighted by atomic mass is 16.5. The smallest absolute Gasteiger partial charge is 0.142 e. The molecular weight excluding hydrogens is 238 g/mol. The Bertz CT molecular complexity index is 479. The number of para-hydroxylation sites is 2. The number of ether oxygens (including phenoxy) is 1. The molecule has 0 amide bonds. The maximum absolute atomic E-state index is 5.74. The normalized spacial score (nSPS) is 12.1. The van der Waals surface area contributed by atoms with Crippen molar-refractivity contribution >= 4 is 5.69 Å². The zero-order valence-corrected chi connectivity index (χ0v) is 11.6. The van der Waals surface area contributed by atoms with Gasteiger partial charge in [0.15, 0.2) is 0 Å². The molecule has 1 heterocycles. The molecule has 1 aromatic carbocycles. The van der Waals surface area contributed by atoms with Crippen molar-refractivity contribution in [3.05, 3.63) is 48.4 Å². The van der Waals surface area contributed by atoms with Crippen molar-refractivity contribution in [1.29, 1.82) is 0 Å². The van der Waals surface area contributed by atoms with E-state index in [2.05, 4.69) is 19.2 Å². The number of hydrogen-bond acceptors (Lipinski definition) is 3. The Morgan fingerprint density at radius 1 is 1.21 bits per heavy atom. The molecule has 19 heavy (non-hydrogen) atoms. The van der Waals surface area contributed by atoms with Crippen LogP contribution in [0.1, 0.15) is 26.0 Å². The Morgan fingerprint density at radius 3 is 2.79 bits per heavy atom. The molecule has 0 fully saturated rings. The molecule has 3 heteroatoms. The van der Waals surface area contributed by atoms with Gasteiger partial charge in [-0.25, -0.2) is 0 Å². The van der Waals surface area contributed by atoms with Crippen LogP contribution in [0.15, 0.2) is 47.1 Å². The fourth-order valence-corrected chi connectivity index (χ4v) is 1.97. The largest absolute Gasteiger partial charge is 0.491 e. The molecule has 0 aliphatic carbocycles. The van der Waals surface area contributed by atoms with E-state index in [1.165, 1.54) is 0 Å². The molecule has 0 bridgehead atoms. The summed E-state index contributed by atoms with van der Waals surface area (Å²) < 4.78 is 11.1. The molecule has 0 aliphatic heterocycles. The van der Waals surface area contributed by atoms with Gasteiger partial charge in [-0.1, -0.05) is 19.1 Å². The van der Waals surface area contributed by atoms with Crippen LogP contribution in [0.4, 0.5) is 5.69 Å². The standard InChI is InChI=1S/C16H21NO2/c1-3-10-19-16-9-5-4-8-15(16)17-13(2)12-14-7-6-11-18-14/h4-9,11,13,17H,3,10,12H2,1-2H3. The minimum Gasteiger partial charge on any atom is -0.491 e. The lowest BCUT2D eigenvalue weighted by Crippen LogP contribution is -2.18. The van der Waals surface area contributed by atoms with Gasteiger partial charge in [-0.05, 0) is 37.6 Å². The molecule has 2 rings (SSSR count). The van der Waals surface area contributed by atoms with Gasteiger partial charge < -0.3 is 14.5 Å². The second kappa shape index (κ2) is 6.88. The summed E-state index contributed by atoms with van der Waals surface area (Å²) >= 11 is 0. The Morgan fingerprint density at radius 2 is 2.05 bits per heavy atom. The zero-order chi connectivity index (χ0) is 13.5. The minimum atomic E-state index is 0.289. The van der Waals surface area contributed by atoms with Gasteiger partial charge in [-0.3, -0.25) is 0 Å². The van der Waals surface area contributed by atoms with Crippen LogP contribution in [0.3, 0.4) is 0 Å². The Balaban J connectivity index is 1.97. The third-order valence-electron chi connectivity index (χ3n) is 2.84. The van der Waals surface area contributed by atoms with Gasteiger partial charge >= 0.3 is 0 Å². The molecule has 0 radical (unpaired) electrons. The molecule has 3 nitrogen and oxygen atoms in total. The fourth-order valence-electron chi connectivity index (χ4n) is 1.97. The molecule has 102 valence electrons. The number of nitrogens with one attached hydrogen (secondary N) is 1. The van der Waals surface area contributed by atoms with Gasteiger partial charge in [0, 0.05) is 12.5 Å². The molecule has 1 N–H and O–H groups in total. The highest BCUT2D eigenvalue weighted by molar-refractivity contribution is 5.56. The number of anilines is 1. The second-order valence-electron chi connectivity index (χ2n) is 4.67. The van der Waals surface area contributed by atoms with E-state index in [1.807, 2.05) is 36.4 Å². The maximum Gasteiger partial charge on any atom is 0.142 e. The molecule has 0 saturated carbocycles. The maximum atomic E-state index is 5.74. The first-order valence-electron chi connectivity index (χ1n) is 6.80. The molecule has 2 aromatic rings. The van der Waals surface area contributed by atoms with E-state index in [0.29, 0.717) is 0 Å². The van der Waals surface area contributed by atoms with Crippen LogP contribution in [0.5, 0.6) is 5.75 Å². The van der Waals surface area contributed by atoms with Crippen molar-refractivity contribution < 1.29 is 9.15 Å². The van der Waals surface area contributed by atoms with E-state index in [9.17, 15) is 0 Å². The number of furan rings is 1. The van der Waals surface area contributed by atoms with E-state index >= 15 is 0 Å². The Kier molecular flexibility index (Phi) is 4.90. The predicted octanol–water partition coefficient (Wildman–Crippen LogP) is 4.11. The van der Waals surface area contributed by atoms with Crippen LogP contribution in [0.25, 0.3) is 0 Å². The number of benzene rings is 1. The fraction of sp³-hybridized carbons (Fsp3) is 0.375. The first kappa shape index (κ1) is 13.5. The lowest BCUT2D eigenvalue weighted by molar-refractivity contribution is 0.318. The molecular formula is C16H21NO2. The molecule has 0 saturated heterocycles. The summed E-state index contributed by atoms with van der Waals surface area (Å²) in [7, 11) is 0. The van der Waals surface area contributed by atoms with Gasteiger partial charge in [-0.2, -0.15) is 0 Å². The molecule has 1 unspecified atom stereocenters. The van der Waals surface area contributed by atoms with Crippen molar-refractivity contribution in [2.75, 3.05) is 11.9 Å². The lowest BCUT2D eigenvalue weighted by Gasteiger charge is -2.17. The summed E-state index contributed by atoms with van der Waals surface area (Å²) in [5.74, 6) is 1.91. The quantitative estimate of drug-likeness (QED) is 0.812. The van der Waals surface area contributed by atoms with E-state index in [1.54, 1.807) is 6.26 Å². The van der Waals surface area contributed by atoms with Crippen LogP contribution >= 0.6 is 0 Å². The molecule has 1 atom stereocenters. The average Bonchev–Trinajstić information content (AvgIpc) is 2.90. The first-order chi connectivity index (χ1) is 9.29. The van der Waals surface area contributed by atoms with Crippen LogP contribution in [-0.2, 0) is 6.42 Å². The number of hydrogen-bond donors (Lipinski definition) is 1. The van der Waals surface area contributed by atoms with Gasteiger partial charge in [0.05, 0.1) is 18.6 Å². The van der Waals surface area contributed by atoms with Crippen LogP contribution < -0.4 is 10.1 Å². The van der Waals surface area contributed by atoms with E-state index in [0.717, 1.165) is 36.6 Å². The van der Waals surface area contributed by atoms with Crippen molar-refractivity contribution in [3.8, 4) is 5.75 Å². The van der Waals surface area contributed by atoms with Crippen molar-refractivity contribution in [2.45, 2.75) is 32.7 Å². The molecule has 0 aliphatic rings. The van der Waals surface area contributed by atoms with Gasteiger partial charge in [0.2, 0.25) is 0 Å². The highest BCUT2D eigenvalue weighted by Crippen LogP contribution is 2.25. The lowest BCUT2D eigenvalue weighted by atomic mass is 10.2. The predicted molar refractivity (Wildman–Crippen MR) is 77.7 cm³/mol. The SMILES string of the molecule is CCCOc1ccccc1NC(C)Cc1ccco1. The van der Waals surface area contributed by atoms with E-state index in [4.69, 9.17) is 9.15 Å². The second-order valence-corrected chi connectivity index (χ2v) is 4.67. The van der Waals surface area contributed by atoms with Crippen LogP contribution in [-0.4, -0.2) is 12.6 Å². The van der Waals surface area contributed by atoms with Crippen molar-refractivity contribution in [1.82, 2.24) is 0 Å². The van der Waals surface area contributed by atoms with Crippen LogP contribution in [0, 0.1) is 0 Å². The first-order valence-corrected chi connectivity index (χ1v) is 6.80. The van der Waals surface area contributed by atoms with Gasteiger partial charge in [-0.15, -0.1) is 0 Å². The van der Waals surface area contributed by atoms with Crippen molar-refractivity contribution in [3.63, 3.8) is 0 Å². The van der Waals surface area contributed by atoms with Crippen LogP contribution in [0.2, 0.25) is 0 Å². The summed E-state index contributed by atoms with van der Waals surface area (Å²) in [5, 5.41) is 3.47. The monoisotopic (exact) mass is 259 g/mol. The Hall–Kier alpha value is -1.90. The van der Waals surface area contributed by atoms with Crippen molar-refractivity contribution in [2.24, 2.45) is 0 Å². The van der Waals surface area contributed by atoms with E-state index < -0.39 is 0 Å². The minimum absolute atomic E-state index is 0.289.